The Morgan fingerprint density at radius 1 is 1.25 bits per heavy atom. The zero-order valence-electron chi connectivity index (χ0n) is 8.38. The van der Waals surface area contributed by atoms with Gasteiger partial charge in [0.2, 0.25) is 0 Å². The SMILES string of the molecule is CCCN(CC)SC1CCCC1. The van der Waals surface area contributed by atoms with Gasteiger partial charge in [-0.25, -0.2) is 0 Å². The second kappa shape index (κ2) is 5.87. The monoisotopic (exact) mass is 187 g/mol. The van der Waals surface area contributed by atoms with E-state index in [0.29, 0.717) is 0 Å². The van der Waals surface area contributed by atoms with Gasteiger partial charge in [-0.2, -0.15) is 0 Å². The fourth-order valence-corrected chi connectivity index (χ4v) is 3.14. The van der Waals surface area contributed by atoms with Crippen molar-refractivity contribution < 1.29 is 0 Å². The van der Waals surface area contributed by atoms with Gasteiger partial charge in [0.05, 0.1) is 0 Å². The third kappa shape index (κ3) is 3.36. The van der Waals surface area contributed by atoms with Gasteiger partial charge in [0.15, 0.2) is 0 Å². The van der Waals surface area contributed by atoms with Gasteiger partial charge in [-0.05, 0) is 19.3 Å². The minimum absolute atomic E-state index is 0.941. The average Bonchev–Trinajstić information content (AvgIpc) is 2.56. The third-order valence-corrected chi connectivity index (χ3v) is 3.93. The Hall–Kier alpha value is 0.310. The molecule has 1 rings (SSSR count). The molecule has 0 aromatic carbocycles. The maximum atomic E-state index is 2.52. The summed E-state index contributed by atoms with van der Waals surface area (Å²) in [6.45, 7) is 6.99. The Bertz CT molecular complexity index is 110. The van der Waals surface area contributed by atoms with Crippen LogP contribution in [0.25, 0.3) is 0 Å². The number of hydrogen-bond donors (Lipinski definition) is 0. The first kappa shape index (κ1) is 10.4. The van der Waals surface area contributed by atoms with Crippen LogP contribution < -0.4 is 0 Å². The molecule has 0 aliphatic heterocycles. The van der Waals surface area contributed by atoms with Crippen LogP contribution in [0.5, 0.6) is 0 Å². The summed E-state index contributed by atoms with van der Waals surface area (Å²) in [5, 5.41) is 0.941. The molecule has 1 nitrogen and oxygen atoms in total. The molecular weight excluding hydrogens is 166 g/mol. The molecule has 12 heavy (non-hydrogen) atoms. The lowest BCUT2D eigenvalue weighted by atomic mass is 10.4. The van der Waals surface area contributed by atoms with Gasteiger partial charge in [-0.15, -0.1) is 0 Å². The molecule has 2 heteroatoms. The molecular formula is C10H21NS. The lowest BCUT2D eigenvalue weighted by Gasteiger charge is -2.21. The van der Waals surface area contributed by atoms with Crippen LogP contribution in [0.2, 0.25) is 0 Å². The molecule has 0 atom stereocenters. The highest BCUT2D eigenvalue weighted by Crippen LogP contribution is 2.31. The number of hydrogen-bond acceptors (Lipinski definition) is 2. The minimum atomic E-state index is 0.941. The van der Waals surface area contributed by atoms with Gasteiger partial charge in [-0.3, -0.25) is 4.31 Å². The molecule has 0 heterocycles. The normalized spacial score (nSPS) is 19.2. The summed E-state index contributed by atoms with van der Waals surface area (Å²) < 4.78 is 2.52. The zero-order chi connectivity index (χ0) is 8.81. The van der Waals surface area contributed by atoms with E-state index in [1.807, 2.05) is 0 Å². The van der Waals surface area contributed by atoms with Crippen molar-refractivity contribution >= 4 is 11.9 Å². The minimum Gasteiger partial charge on any atom is -0.251 e. The van der Waals surface area contributed by atoms with E-state index in [1.54, 1.807) is 0 Å². The molecule has 1 fully saturated rings. The van der Waals surface area contributed by atoms with Crippen molar-refractivity contribution in [1.29, 1.82) is 0 Å². The molecule has 0 amide bonds. The maximum absolute atomic E-state index is 2.52. The van der Waals surface area contributed by atoms with E-state index < -0.39 is 0 Å². The van der Waals surface area contributed by atoms with Crippen molar-refractivity contribution in [3.8, 4) is 0 Å². The van der Waals surface area contributed by atoms with Crippen molar-refractivity contribution in [3.05, 3.63) is 0 Å². The molecule has 0 radical (unpaired) electrons. The van der Waals surface area contributed by atoms with Gasteiger partial charge in [0.25, 0.3) is 0 Å². The van der Waals surface area contributed by atoms with Crippen LogP contribution in [0, 0.1) is 0 Å². The molecule has 1 saturated carbocycles. The smallest absolute Gasteiger partial charge is 0.0195 e. The topological polar surface area (TPSA) is 3.24 Å². The molecule has 72 valence electrons. The molecule has 0 aromatic rings. The quantitative estimate of drug-likeness (QED) is 0.607. The summed E-state index contributed by atoms with van der Waals surface area (Å²) in [6, 6.07) is 0. The van der Waals surface area contributed by atoms with Crippen LogP contribution in [-0.2, 0) is 0 Å². The summed E-state index contributed by atoms with van der Waals surface area (Å²) in [6.07, 6.45) is 7.10. The van der Waals surface area contributed by atoms with Crippen molar-refractivity contribution in [2.75, 3.05) is 13.1 Å². The highest BCUT2D eigenvalue weighted by molar-refractivity contribution is 7.97. The molecule has 0 bridgehead atoms. The highest BCUT2D eigenvalue weighted by Gasteiger charge is 2.17. The van der Waals surface area contributed by atoms with Gasteiger partial charge >= 0.3 is 0 Å². The van der Waals surface area contributed by atoms with Crippen LogP contribution in [0.3, 0.4) is 0 Å². The largest absolute Gasteiger partial charge is 0.251 e. The van der Waals surface area contributed by atoms with E-state index in [0.717, 1.165) is 5.25 Å². The Kier molecular flexibility index (Phi) is 5.08. The Morgan fingerprint density at radius 3 is 2.42 bits per heavy atom. The average molecular weight is 187 g/mol. The van der Waals surface area contributed by atoms with Gasteiger partial charge in [0, 0.05) is 18.3 Å². The standard InChI is InChI=1S/C10H21NS/c1-3-9-11(4-2)12-10-7-5-6-8-10/h10H,3-9H2,1-2H3. The van der Waals surface area contributed by atoms with E-state index >= 15 is 0 Å². The van der Waals surface area contributed by atoms with E-state index in [4.69, 9.17) is 0 Å². The summed E-state index contributed by atoms with van der Waals surface area (Å²) in [5.74, 6) is 0. The predicted molar refractivity (Wildman–Crippen MR) is 57.4 cm³/mol. The van der Waals surface area contributed by atoms with E-state index in [-0.39, 0.29) is 0 Å². The molecule has 1 aliphatic rings. The Labute approximate surface area is 81.0 Å². The fourth-order valence-electron chi connectivity index (χ4n) is 1.74. The van der Waals surface area contributed by atoms with Crippen LogP contribution in [-0.4, -0.2) is 22.6 Å². The first-order valence-electron chi connectivity index (χ1n) is 5.28. The van der Waals surface area contributed by atoms with E-state index in [1.165, 1.54) is 45.2 Å². The summed E-state index contributed by atoms with van der Waals surface area (Å²) in [7, 11) is 0. The number of nitrogens with zero attached hydrogens (tertiary/aromatic N) is 1. The van der Waals surface area contributed by atoms with Crippen molar-refractivity contribution in [2.45, 2.75) is 51.2 Å². The molecule has 0 aromatic heterocycles. The molecule has 0 N–H and O–H groups in total. The summed E-state index contributed by atoms with van der Waals surface area (Å²) >= 11 is 2.11. The molecule has 1 aliphatic carbocycles. The fraction of sp³-hybridized carbons (Fsp3) is 1.00. The first-order valence-corrected chi connectivity index (χ1v) is 6.12. The van der Waals surface area contributed by atoms with Gasteiger partial charge in [0.1, 0.15) is 0 Å². The van der Waals surface area contributed by atoms with Gasteiger partial charge in [-0.1, -0.05) is 38.6 Å². The Balaban J connectivity index is 2.16. The lowest BCUT2D eigenvalue weighted by molar-refractivity contribution is 0.489. The predicted octanol–water partition coefficient (Wildman–Crippen LogP) is 3.31. The molecule has 0 saturated heterocycles. The van der Waals surface area contributed by atoms with Crippen molar-refractivity contribution in [3.63, 3.8) is 0 Å². The lowest BCUT2D eigenvalue weighted by Crippen LogP contribution is -2.19. The van der Waals surface area contributed by atoms with Crippen LogP contribution in [0.4, 0.5) is 0 Å². The number of rotatable bonds is 5. The molecule has 0 spiro atoms. The second-order valence-electron chi connectivity index (χ2n) is 3.53. The maximum Gasteiger partial charge on any atom is 0.0195 e. The third-order valence-electron chi connectivity index (χ3n) is 2.43. The van der Waals surface area contributed by atoms with Crippen molar-refractivity contribution in [2.24, 2.45) is 0 Å². The molecule has 0 unspecified atom stereocenters. The second-order valence-corrected chi connectivity index (χ2v) is 4.93. The first-order chi connectivity index (χ1) is 5.86. The van der Waals surface area contributed by atoms with Crippen LogP contribution in [0.15, 0.2) is 0 Å². The van der Waals surface area contributed by atoms with Gasteiger partial charge < -0.3 is 0 Å². The summed E-state index contributed by atoms with van der Waals surface area (Å²) in [4.78, 5) is 0. The Morgan fingerprint density at radius 2 is 1.92 bits per heavy atom. The summed E-state index contributed by atoms with van der Waals surface area (Å²) in [5.41, 5.74) is 0. The van der Waals surface area contributed by atoms with Crippen molar-refractivity contribution in [1.82, 2.24) is 4.31 Å². The van der Waals surface area contributed by atoms with Crippen LogP contribution >= 0.6 is 11.9 Å². The van der Waals surface area contributed by atoms with Crippen LogP contribution in [0.1, 0.15) is 46.0 Å². The highest BCUT2D eigenvalue weighted by atomic mass is 32.2. The zero-order valence-corrected chi connectivity index (χ0v) is 9.20. The van der Waals surface area contributed by atoms with E-state index in [2.05, 4.69) is 30.1 Å². The van der Waals surface area contributed by atoms with E-state index in [9.17, 15) is 0 Å².